The van der Waals surface area contributed by atoms with Crippen LogP contribution < -0.4 is 5.32 Å². The van der Waals surface area contributed by atoms with Gasteiger partial charge in [0, 0.05) is 12.6 Å². The van der Waals surface area contributed by atoms with Gasteiger partial charge >= 0.3 is 0 Å². The van der Waals surface area contributed by atoms with Gasteiger partial charge < -0.3 is 10.2 Å². The molecule has 0 amide bonds. The number of nitrogens with one attached hydrogen (secondary N) is 1. The van der Waals surface area contributed by atoms with E-state index in [-0.39, 0.29) is 5.54 Å². The first-order valence-electron chi connectivity index (χ1n) is 6.45. The predicted octanol–water partition coefficient (Wildman–Crippen LogP) is 2.14. The van der Waals surface area contributed by atoms with E-state index < -0.39 is 0 Å². The summed E-state index contributed by atoms with van der Waals surface area (Å²) in [5.41, 5.74) is -0.369. The largest absolute Gasteiger partial charge is 0.303 e. The fraction of sp³-hybridized carbons (Fsp3) is 0.923. The zero-order valence-corrected chi connectivity index (χ0v) is 10.9. The molecular formula is C13H25N3. The average molecular weight is 223 g/mol. The Morgan fingerprint density at radius 3 is 2.81 bits per heavy atom. The number of likely N-dealkylation sites (tertiary alicyclic amines) is 1. The second-order valence-electron chi connectivity index (χ2n) is 5.18. The van der Waals surface area contributed by atoms with Gasteiger partial charge in [0.2, 0.25) is 0 Å². The van der Waals surface area contributed by atoms with Gasteiger partial charge in [0.25, 0.3) is 0 Å². The van der Waals surface area contributed by atoms with E-state index in [1.54, 1.807) is 0 Å². The minimum absolute atomic E-state index is 0.369. The standard InChI is InChI=1S/C13H25N3/c1-12-7-5-4-6-9-16(12)10-8-13(2,11-14)15-3/h12,15H,4-10H2,1-3H3. The molecule has 1 fully saturated rings. The molecule has 3 nitrogen and oxygen atoms in total. The van der Waals surface area contributed by atoms with E-state index in [1.165, 1.54) is 32.2 Å². The van der Waals surface area contributed by atoms with Crippen LogP contribution in [0.1, 0.15) is 46.0 Å². The Labute approximate surface area is 99.8 Å². The highest BCUT2D eigenvalue weighted by molar-refractivity contribution is 5.03. The smallest absolute Gasteiger partial charge is 0.104 e. The second kappa shape index (κ2) is 6.22. The molecule has 0 aromatic carbocycles. The molecule has 0 spiro atoms. The van der Waals surface area contributed by atoms with Crippen molar-refractivity contribution in [1.82, 2.24) is 10.2 Å². The number of nitriles is 1. The highest BCUT2D eigenvalue weighted by atomic mass is 15.2. The van der Waals surface area contributed by atoms with E-state index in [4.69, 9.17) is 5.26 Å². The average Bonchev–Trinajstić information content (AvgIpc) is 2.51. The predicted molar refractivity (Wildman–Crippen MR) is 67.2 cm³/mol. The van der Waals surface area contributed by atoms with Gasteiger partial charge in [-0.25, -0.2) is 0 Å². The van der Waals surface area contributed by atoms with Crippen LogP contribution in [0.2, 0.25) is 0 Å². The van der Waals surface area contributed by atoms with Crippen molar-refractivity contribution in [3.05, 3.63) is 0 Å². The SMILES string of the molecule is CNC(C)(C#N)CCN1CCCCCC1C. The second-order valence-corrected chi connectivity index (χ2v) is 5.18. The summed E-state index contributed by atoms with van der Waals surface area (Å²) in [4.78, 5) is 2.54. The van der Waals surface area contributed by atoms with E-state index in [1.807, 2.05) is 14.0 Å². The maximum absolute atomic E-state index is 9.11. The lowest BCUT2D eigenvalue weighted by molar-refractivity contribution is 0.196. The maximum atomic E-state index is 9.11. The number of hydrogen-bond donors (Lipinski definition) is 1. The summed E-state index contributed by atoms with van der Waals surface area (Å²) in [7, 11) is 1.87. The molecule has 16 heavy (non-hydrogen) atoms. The Balaban J connectivity index is 2.44. The van der Waals surface area contributed by atoms with Crippen molar-refractivity contribution in [3.8, 4) is 6.07 Å². The molecule has 1 heterocycles. The van der Waals surface area contributed by atoms with Gasteiger partial charge in [0.1, 0.15) is 5.54 Å². The summed E-state index contributed by atoms with van der Waals surface area (Å²) in [5.74, 6) is 0. The molecule has 0 saturated carbocycles. The molecule has 1 saturated heterocycles. The lowest BCUT2D eigenvalue weighted by Crippen LogP contribution is -2.43. The molecule has 2 atom stereocenters. The first-order valence-corrected chi connectivity index (χ1v) is 6.45. The van der Waals surface area contributed by atoms with E-state index in [0.29, 0.717) is 6.04 Å². The van der Waals surface area contributed by atoms with Crippen LogP contribution >= 0.6 is 0 Å². The highest BCUT2D eigenvalue weighted by Gasteiger charge is 2.24. The van der Waals surface area contributed by atoms with Crippen LogP contribution in [0.4, 0.5) is 0 Å². The van der Waals surface area contributed by atoms with Gasteiger partial charge in [0.05, 0.1) is 6.07 Å². The Hall–Kier alpha value is -0.590. The van der Waals surface area contributed by atoms with Crippen molar-refractivity contribution in [1.29, 1.82) is 5.26 Å². The quantitative estimate of drug-likeness (QED) is 0.793. The van der Waals surface area contributed by atoms with Crippen LogP contribution in [-0.2, 0) is 0 Å². The Bertz CT molecular complexity index is 246. The topological polar surface area (TPSA) is 39.1 Å². The lowest BCUT2D eigenvalue weighted by atomic mass is 9.99. The third kappa shape index (κ3) is 3.77. The normalized spacial score (nSPS) is 26.8. The molecule has 92 valence electrons. The number of nitrogens with zero attached hydrogens (tertiary/aromatic N) is 2. The summed E-state index contributed by atoms with van der Waals surface area (Å²) in [6, 6.07) is 3.04. The van der Waals surface area contributed by atoms with Gasteiger partial charge in [-0.05, 0) is 46.7 Å². The fourth-order valence-corrected chi connectivity index (χ4v) is 2.27. The van der Waals surface area contributed by atoms with Crippen molar-refractivity contribution in [2.24, 2.45) is 0 Å². The molecule has 0 bridgehead atoms. The molecule has 1 aliphatic heterocycles. The van der Waals surface area contributed by atoms with Crippen LogP contribution in [0.25, 0.3) is 0 Å². The van der Waals surface area contributed by atoms with Crippen molar-refractivity contribution in [3.63, 3.8) is 0 Å². The fourth-order valence-electron chi connectivity index (χ4n) is 2.27. The van der Waals surface area contributed by atoms with Gasteiger partial charge in [-0.1, -0.05) is 12.8 Å². The minimum Gasteiger partial charge on any atom is -0.303 e. The van der Waals surface area contributed by atoms with Crippen molar-refractivity contribution in [2.45, 2.75) is 57.5 Å². The van der Waals surface area contributed by atoms with E-state index in [2.05, 4.69) is 23.2 Å². The first kappa shape index (κ1) is 13.5. The molecule has 1 N–H and O–H groups in total. The van der Waals surface area contributed by atoms with Gasteiger partial charge in [0.15, 0.2) is 0 Å². The number of rotatable bonds is 4. The Morgan fingerprint density at radius 2 is 2.19 bits per heavy atom. The molecule has 1 aliphatic rings. The third-order valence-corrected chi connectivity index (χ3v) is 3.89. The number of hydrogen-bond acceptors (Lipinski definition) is 3. The van der Waals surface area contributed by atoms with Gasteiger partial charge in [-0.2, -0.15) is 5.26 Å². The Morgan fingerprint density at radius 1 is 1.44 bits per heavy atom. The maximum Gasteiger partial charge on any atom is 0.104 e. The Kier molecular flexibility index (Phi) is 5.24. The molecule has 1 rings (SSSR count). The van der Waals surface area contributed by atoms with Crippen LogP contribution in [-0.4, -0.2) is 36.6 Å². The van der Waals surface area contributed by atoms with Gasteiger partial charge in [-0.3, -0.25) is 0 Å². The van der Waals surface area contributed by atoms with E-state index in [0.717, 1.165) is 13.0 Å². The highest BCUT2D eigenvalue weighted by Crippen LogP contribution is 2.18. The monoisotopic (exact) mass is 223 g/mol. The summed E-state index contributed by atoms with van der Waals surface area (Å²) in [6.45, 7) is 6.53. The van der Waals surface area contributed by atoms with Crippen LogP contribution in [0.15, 0.2) is 0 Å². The molecule has 3 heteroatoms. The molecule has 0 aliphatic carbocycles. The summed E-state index contributed by atoms with van der Waals surface area (Å²) in [5, 5.41) is 12.2. The minimum atomic E-state index is -0.369. The van der Waals surface area contributed by atoms with Gasteiger partial charge in [-0.15, -0.1) is 0 Å². The summed E-state index contributed by atoms with van der Waals surface area (Å²) in [6.07, 6.45) is 6.25. The molecule has 0 aromatic heterocycles. The zero-order valence-electron chi connectivity index (χ0n) is 10.9. The third-order valence-electron chi connectivity index (χ3n) is 3.89. The van der Waals surface area contributed by atoms with Crippen molar-refractivity contribution >= 4 is 0 Å². The van der Waals surface area contributed by atoms with E-state index in [9.17, 15) is 0 Å². The molecule has 2 unspecified atom stereocenters. The first-order chi connectivity index (χ1) is 7.61. The van der Waals surface area contributed by atoms with Crippen molar-refractivity contribution < 1.29 is 0 Å². The summed E-state index contributed by atoms with van der Waals surface area (Å²) >= 11 is 0. The van der Waals surface area contributed by atoms with Crippen molar-refractivity contribution in [2.75, 3.05) is 20.1 Å². The molecule has 0 radical (unpaired) electrons. The molecular weight excluding hydrogens is 198 g/mol. The van der Waals surface area contributed by atoms with E-state index >= 15 is 0 Å². The molecule has 0 aromatic rings. The summed E-state index contributed by atoms with van der Waals surface area (Å²) < 4.78 is 0. The van der Waals surface area contributed by atoms with Crippen LogP contribution in [0.5, 0.6) is 0 Å². The zero-order chi connectivity index (χ0) is 12.0. The lowest BCUT2D eigenvalue weighted by Gasteiger charge is -2.30. The van der Waals surface area contributed by atoms with Crippen LogP contribution in [0.3, 0.4) is 0 Å². The van der Waals surface area contributed by atoms with Crippen LogP contribution in [0, 0.1) is 11.3 Å².